The van der Waals surface area contributed by atoms with Crippen LogP contribution in [0.2, 0.25) is 0 Å². The maximum absolute atomic E-state index is 13.1. The van der Waals surface area contributed by atoms with E-state index in [1.54, 1.807) is 12.1 Å². The van der Waals surface area contributed by atoms with Crippen molar-refractivity contribution in [3.8, 4) is 6.07 Å². The van der Waals surface area contributed by atoms with Crippen molar-refractivity contribution in [2.24, 2.45) is 16.5 Å². The van der Waals surface area contributed by atoms with Gasteiger partial charge in [0, 0.05) is 23.5 Å². The molecule has 0 saturated heterocycles. The number of nitrogens with zero attached hydrogens (tertiary/aromatic N) is 2. The van der Waals surface area contributed by atoms with Crippen molar-refractivity contribution < 1.29 is 13.6 Å². The average molecular weight is 467 g/mol. The second kappa shape index (κ2) is 11.3. The Morgan fingerprint density at radius 3 is 2.35 bits per heavy atom. The van der Waals surface area contributed by atoms with E-state index in [4.69, 9.17) is 11.5 Å². The third-order valence-corrected chi connectivity index (χ3v) is 5.98. The molecule has 0 heterocycles. The first-order valence-electron chi connectivity index (χ1n) is 11.0. The molecule has 0 unspecified atom stereocenters. The predicted molar refractivity (Wildman–Crippen MR) is 128 cm³/mol. The number of anilines is 1. The van der Waals surface area contributed by atoms with Gasteiger partial charge < -0.3 is 22.1 Å². The lowest BCUT2D eigenvalue weighted by molar-refractivity contribution is -0.114. The molecular formula is C25H28F2N6O. The number of carbonyl (C=O) groups excluding carboxylic acids is 1. The van der Waals surface area contributed by atoms with Gasteiger partial charge in [-0.1, -0.05) is 12.1 Å². The lowest BCUT2D eigenvalue weighted by atomic mass is 9.77. The Morgan fingerprint density at radius 2 is 1.79 bits per heavy atom. The molecule has 178 valence electrons. The summed E-state index contributed by atoms with van der Waals surface area (Å²) in [7, 11) is 0. The number of hydrogen-bond donors (Lipinski definition) is 4. The van der Waals surface area contributed by atoms with Gasteiger partial charge in [0.2, 0.25) is 0 Å². The van der Waals surface area contributed by atoms with E-state index >= 15 is 0 Å². The van der Waals surface area contributed by atoms with Crippen molar-refractivity contribution >= 4 is 23.1 Å². The fraction of sp³-hybridized carbons (Fsp3) is 0.320. The van der Waals surface area contributed by atoms with Gasteiger partial charge in [-0.15, -0.1) is 0 Å². The van der Waals surface area contributed by atoms with Crippen molar-refractivity contribution in [1.29, 1.82) is 5.26 Å². The summed E-state index contributed by atoms with van der Waals surface area (Å²) in [4.78, 5) is 16.2. The van der Waals surface area contributed by atoms with Gasteiger partial charge in [0.25, 0.3) is 5.91 Å². The Morgan fingerprint density at radius 1 is 1.15 bits per heavy atom. The molecule has 1 fully saturated rings. The number of carbonyl (C=O) groups is 1. The molecule has 1 saturated carbocycles. The molecule has 1 aliphatic carbocycles. The monoisotopic (exact) mass is 466 g/mol. The van der Waals surface area contributed by atoms with Gasteiger partial charge in [0.1, 0.15) is 18.3 Å². The van der Waals surface area contributed by atoms with Crippen molar-refractivity contribution in [2.45, 2.75) is 50.4 Å². The molecule has 0 radical (unpaired) electrons. The van der Waals surface area contributed by atoms with Crippen LogP contribution in [0.3, 0.4) is 0 Å². The number of nitriles is 1. The fourth-order valence-electron chi connectivity index (χ4n) is 3.98. The highest BCUT2D eigenvalue weighted by Gasteiger charge is 2.35. The molecule has 34 heavy (non-hydrogen) atoms. The van der Waals surface area contributed by atoms with Crippen molar-refractivity contribution in [2.75, 3.05) is 5.32 Å². The van der Waals surface area contributed by atoms with Crippen LogP contribution in [0.25, 0.3) is 0 Å². The molecule has 0 bridgehead atoms. The molecule has 2 aromatic carbocycles. The van der Waals surface area contributed by atoms with Gasteiger partial charge in [-0.2, -0.15) is 5.26 Å². The van der Waals surface area contributed by atoms with E-state index < -0.39 is 23.9 Å². The molecule has 0 spiro atoms. The minimum atomic E-state index is -0.768. The van der Waals surface area contributed by atoms with E-state index in [-0.39, 0.29) is 23.9 Å². The van der Waals surface area contributed by atoms with Crippen LogP contribution in [0.4, 0.5) is 20.2 Å². The van der Waals surface area contributed by atoms with E-state index in [0.29, 0.717) is 24.1 Å². The quantitative estimate of drug-likeness (QED) is 0.253. The smallest absolute Gasteiger partial charge is 0.253 e. The second-order valence-corrected chi connectivity index (χ2v) is 8.40. The number of amides is 1. The molecule has 0 atom stereocenters. The minimum Gasteiger partial charge on any atom is -0.384 e. The Bertz CT molecular complexity index is 1080. The van der Waals surface area contributed by atoms with E-state index in [1.165, 1.54) is 30.5 Å². The third kappa shape index (κ3) is 6.54. The Hall–Kier alpha value is -3.93. The highest BCUT2D eigenvalue weighted by atomic mass is 19.1. The lowest BCUT2D eigenvalue weighted by Gasteiger charge is -2.40. The fourth-order valence-corrected chi connectivity index (χ4v) is 3.98. The Balaban J connectivity index is 1.69. The number of halogens is 2. The maximum Gasteiger partial charge on any atom is 0.253 e. The van der Waals surface area contributed by atoms with Gasteiger partial charge >= 0.3 is 0 Å². The first-order valence-corrected chi connectivity index (χ1v) is 11.0. The van der Waals surface area contributed by atoms with Gasteiger partial charge in [-0.05, 0) is 67.6 Å². The summed E-state index contributed by atoms with van der Waals surface area (Å²) in [6, 6.07) is 15.0. The van der Waals surface area contributed by atoms with Crippen molar-refractivity contribution in [1.82, 2.24) is 5.32 Å². The summed E-state index contributed by atoms with van der Waals surface area (Å²) < 4.78 is 25.8. The standard InChI is InChI=1S/C25H28F2N6O/c26-15-17-1-5-19(6-2-17)32-21-9-11-25(12-10-21,13-14-28)31-16-22(24(30)34)23(29)33-20-7-3-18(27)4-8-20/h1-8,16,21,31-32H,9-13,15H2,(H2,29,33)(H2,30,34)/b22-16+. The number of nitrogens with two attached hydrogens (primary N) is 2. The highest BCUT2D eigenvalue weighted by molar-refractivity contribution is 6.20. The SMILES string of the molecule is N#CCC1(N/C=C(/C(N)=O)C(N)=Nc2ccc(F)cc2)CCC(Nc2ccc(CF)cc2)CC1. The molecule has 3 rings (SSSR count). The molecule has 9 heteroatoms. The number of primary amides is 1. The molecule has 7 nitrogen and oxygen atoms in total. The summed E-state index contributed by atoms with van der Waals surface area (Å²) in [5.74, 6) is -1.29. The first kappa shape index (κ1) is 24.7. The first-order chi connectivity index (χ1) is 16.3. The highest BCUT2D eigenvalue weighted by Crippen LogP contribution is 2.33. The largest absolute Gasteiger partial charge is 0.384 e. The number of aliphatic imine (C=N–C) groups is 1. The van der Waals surface area contributed by atoms with Gasteiger partial charge in [-0.3, -0.25) is 4.79 Å². The van der Waals surface area contributed by atoms with Crippen LogP contribution in [0.1, 0.15) is 37.7 Å². The van der Waals surface area contributed by atoms with Crippen LogP contribution in [0.15, 0.2) is 65.3 Å². The summed E-state index contributed by atoms with van der Waals surface area (Å²) in [5, 5.41) is 16.1. The molecule has 6 N–H and O–H groups in total. The maximum atomic E-state index is 13.1. The predicted octanol–water partition coefficient (Wildman–Crippen LogP) is 3.95. The minimum absolute atomic E-state index is 0.0187. The van der Waals surface area contributed by atoms with Crippen LogP contribution in [-0.2, 0) is 11.5 Å². The zero-order chi connectivity index (χ0) is 24.6. The van der Waals surface area contributed by atoms with Crippen molar-refractivity contribution in [3.63, 3.8) is 0 Å². The topological polar surface area (TPSA) is 129 Å². The molecule has 0 aromatic heterocycles. The van der Waals surface area contributed by atoms with Crippen LogP contribution in [0.5, 0.6) is 0 Å². The summed E-state index contributed by atoms with van der Waals surface area (Å²) in [6.07, 6.45) is 4.60. The number of rotatable bonds is 9. The molecule has 1 amide bonds. The Kier molecular flexibility index (Phi) is 8.19. The second-order valence-electron chi connectivity index (χ2n) is 8.40. The number of hydrogen-bond acceptors (Lipinski definition) is 5. The Labute approximate surface area is 197 Å². The van der Waals surface area contributed by atoms with Gasteiger partial charge in [-0.25, -0.2) is 13.8 Å². The average Bonchev–Trinajstić information content (AvgIpc) is 2.83. The van der Waals surface area contributed by atoms with E-state index in [2.05, 4.69) is 21.7 Å². The molecule has 1 aliphatic rings. The molecule has 0 aliphatic heterocycles. The van der Waals surface area contributed by atoms with Crippen LogP contribution in [0, 0.1) is 17.1 Å². The number of amidine groups is 1. The number of nitrogens with one attached hydrogen (secondary N) is 2. The van der Waals surface area contributed by atoms with Crippen molar-refractivity contribution in [3.05, 3.63) is 71.7 Å². The van der Waals surface area contributed by atoms with Gasteiger partial charge in [0.05, 0.1) is 23.8 Å². The third-order valence-electron chi connectivity index (χ3n) is 5.98. The van der Waals surface area contributed by atoms with E-state index in [0.717, 1.165) is 18.5 Å². The summed E-state index contributed by atoms with van der Waals surface area (Å²) in [5.41, 5.74) is 12.9. The van der Waals surface area contributed by atoms with Crippen LogP contribution < -0.4 is 22.1 Å². The number of benzene rings is 2. The van der Waals surface area contributed by atoms with E-state index in [1.807, 2.05) is 12.1 Å². The normalized spacial score (nSPS) is 20.9. The van der Waals surface area contributed by atoms with Crippen LogP contribution in [-0.4, -0.2) is 23.3 Å². The molecule has 2 aromatic rings. The molecular weight excluding hydrogens is 438 g/mol. The lowest BCUT2D eigenvalue weighted by Crippen LogP contribution is -2.48. The summed E-state index contributed by atoms with van der Waals surface area (Å²) >= 11 is 0. The zero-order valence-electron chi connectivity index (χ0n) is 18.7. The zero-order valence-corrected chi connectivity index (χ0v) is 18.7. The van der Waals surface area contributed by atoms with Gasteiger partial charge in [0.15, 0.2) is 0 Å². The van der Waals surface area contributed by atoms with Crippen LogP contribution >= 0.6 is 0 Å². The summed E-state index contributed by atoms with van der Waals surface area (Å²) in [6.45, 7) is -0.494. The van der Waals surface area contributed by atoms with E-state index in [9.17, 15) is 18.8 Å². The number of alkyl halides is 1.